The Kier molecular flexibility index (Phi) is 8.69. The highest BCUT2D eigenvalue weighted by Gasteiger charge is 2.37. The minimum Gasteiger partial charge on any atom is -0.454 e. The van der Waals surface area contributed by atoms with Crippen LogP contribution in [0.15, 0.2) is 65.8 Å². The zero-order chi connectivity index (χ0) is 28.1. The van der Waals surface area contributed by atoms with Crippen LogP contribution in [-0.2, 0) is 16.1 Å². The average molecular weight is 559 g/mol. The lowest BCUT2D eigenvalue weighted by molar-refractivity contribution is -0.139. The van der Waals surface area contributed by atoms with Crippen molar-refractivity contribution in [3.63, 3.8) is 0 Å². The van der Waals surface area contributed by atoms with Crippen LogP contribution < -0.4 is 14.8 Å². The van der Waals surface area contributed by atoms with Crippen LogP contribution in [0.4, 0.5) is 5.69 Å². The highest BCUT2D eigenvalue weighted by atomic mass is 32.2. The molecule has 0 saturated carbocycles. The van der Waals surface area contributed by atoms with E-state index in [9.17, 15) is 9.59 Å². The predicted molar refractivity (Wildman–Crippen MR) is 155 cm³/mol. The van der Waals surface area contributed by atoms with Gasteiger partial charge in [0.25, 0.3) is 0 Å². The first-order chi connectivity index (χ1) is 19.4. The summed E-state index contributed by atoms with van der Waals surface area (Å²) < 4.78 is 10.9. The number of carbonyl (C=O) groups is 2. The summed E-state index contributed by atoms with van der Waals surface area (Å²) in [5.74, 6) is 1.01. The molecule has 2 aromatic carbocycles. The van der Waals surface area contributed by atoms with Crippen LogP contribution in [0.25, 0.3) is 0 Å². The fourth-order valence-electron chi connectivity index (χ4n) is 5.18. The van der Waals surface area contributed by atoms with E-state index in [0.717, 1.165) is 41.8 Å². The Morgan fingerprint density at radius 3 is 2.55 bits per heavy atom. The molecule has 1 aliphatic carbocycles. The molecule has 1 aliphatic heterocycles. The number of aryl methyl sites for hydroxylation is 3. The van der Waals surface area contributed by atoms with E-state index in [1.807, 2.05) is 51.1 Å². The van der Waals surface area contributed by atoms with Gasteiger partial charge in [0.2, 0.25) is 18.6 Å². The highest BCUT2D eigenvalue weighted by molar-refractivity contribution is 7.99. The SMILES string of the molecule is Cc1cc(C)nc(SCC(=O)N(Cc2ccccc2C)C(C(=O)Nc2ccc3c(c2)OCO3)C2CC=CCC2)n1. The number of rotatable bonds is 9. The van der Waals surface area contributed by atoms with Crippen molar-refractivity contribution in [3.8, 4) is 11.5 Å². The fraction of sp³-hybridized carbons (Fsp3) is 0.355. The first kappa shape index (κ1) is 27.7. The standard InChI is InChI=1S/C31H34N4O4S/c1-20-9-7-8-12-24(20)17-35(28(36)18-40-31-32-21(2)15-22(3)33-31)29(23-10-5-4-6-11-23)30(37)34-25-13-14-26-27(16-25)39-19-38-26/h4-5,7-9,12-16,23,29H,6,10-11,17-19H2,1-3H3,(H,34,37). The molecule has 208 valence electrons. The summed E-state index contributed by atoms with van der Waals surface area (Å²) in [6.07, 6.45) is 6.67. The van der Waals surface area contributed by atoms with Crippen molar-refractivity contribution in [3.05, 3.63) is 83.2 Å². The molecular formula is C31H34N4O4S. The summed E-state index contributed by atoms with van der Waals surface area (Å²) in [5, 5.41) is 3.63. The molecule has 0 spiro atoms. The smallest absolute Gasteiger partial charge is 0.247 e. The van der Waals surface area contributed by atoms with Crippen molar-refractivity contribution in [2.24, 2.45) is 5.92 Å². The molecular weight excluding hydrogens is 524 g/mol. The van der Waals surface area contributed by atoms with Gasteiger partial charge in [-0.1, -0.05) is 48.2 Å². The molecule has 0 bridgehead atoms. The number of benzene rings is 2. The third kappa shape index (κ3) is 6.65. The summed E-state index contributed by atoms with van der Waals surface area (Å²) in [6.45, 7) is 6.35. The number of fused-ring (bicyclic) bond motifs is 1. The molecule has 0 saturated heterocycles. The number of allylic oxidation sites excluding steroid dienone is 2. The van der Waals surface area contributed by atoms with Crippen LogP contribution in [0.1, 0.15) is 41.8 Å². The Labute approximate surface area is 239 Å². The monoisotopic (exact) mass is 558 g/mol. The molecule has 8 nitrogen and oxygen atoms in total. The fourth-order valence-corrected chi connectivity index (χ4v) is 6.02. The van der Waals surface area contributed by atoms with Gasteiger partial charge in [-0.2, -0.15) is 0 Å². The Hall–Kier alpha value is -3.85. The molecule has 5 rings (SSSR count). The minimum absolute atomic E-state index is 0.0190. The van der Waals surface area contributed by atoms with Crippen molar-refractivity contribution in [2.75, 3.05) is 17.9 Å². The number of hydrogen-bond donors (Lipinski definition) is 1. The van der Waals surface area contributed by atoms with Gasteiger partial charge < -0.3 is 19.7 Å². The molecule has 1 N–H and O–H groups in total. The van der Waals surface area contributed by atoms with E-state index in [-0.39, 0.29) is 30.3 Å². The van der Waals surface area contributed by atoms with E-state index in [1.54, 1.807) is 23.1 Å². The van der Waals surface area contributed by atoms with Crippen LogP contribution in [0, 0.1) is 26.7 Å². The molecule has 2 amide bonds. The van der Waals surface area contributed by atoms with Gasteiger partial charge in [0.1, 0.15) is 6.04 Å². The summed E-state index contributed by atoms with van der Waals surface area (Å²) in [6, 6.07) is 14.6. The third-order valence-corrected chi connectivity index (χ3v) is 8.04. The van der Waals surface area contributed by atoms with Gasteiger partial charge in [-0.3, -0.25) is 9.59 Å². The number of aromatic nitrogens is 2. The number of carbonyl (C=O) groups excluding carboxylic acids is 2. The number of thioether (sulfide) groups is 1. The van der Waals surface area contributed by atoms with Crippen LogP contribution in [-0.4, -0.2) is 45.3 Å². The zero-order valence-electron chi connectivity index (χ0n) is 23.1. The molecule has 3 aromatic rings. The number of amides is 2. The first-order valence-corrected chi connectivity index (χ1v) is 14.5. The van der Waals surface area contributed by atoms with Crippen molar-refractivity contribution < 1.29 is 19.1 Å². The van der Waals surface area contributed by atoms with E-state index in [1.165, 1.54) is 11.8 Å². The van der Waals surface area contributed by atoms with E-state index < -0.39 is 6.04 Å². The minimum atomic E-state index is -0.664. The van der Waals surface area contributed by atoms with Gasteiger partial charge in [-0.05, 0) is 75.3 Å². The third-order valence-electron chi connectivity index (χ3n) is 7.21. The number of nitrogens with one attached hydrogen (secondary N) is 1. The van der Waals surface area contributed by atoms with E-state index in [0.29, 0.717) is 28.9 Å². The number of nitrogens with zero attached hydrogens (tertiary/aromatic N) is 3. The van der Waals surface area contributed by atoms with Crippen LogP contribution >= 0.6 is 11.8 Å². The highest BCUT2D eigenvalue weighted by Crippen LogP contribution is 2.35. The van der Waals surface area contributed by atoms with Gasteiger partial charge >= 0.3 is 0 Å². The molecule has 1 aromatic heterocycles. The molecule has 0 radical (unpaired) electrons. The molecule has 2 heterocycles. The zero-order valence-corrected chi connectivity index (χ0v) is 23.9. The number of ether oxygens (including phenoxy) is 2. The van der Waals surface area contributed by atoms with Crippen molar-refractivity contribution >= 4 is 29.3 Å². The van der Waals surface area contributed by atoms with Crippen molar-refractivity contribution in [1.82, 2.24) is 14.9 Å². The summed E-state index contributed by atoms with van der Waals surface area (Å²) in [4.78, 5) is 38.8. The van der Waals surface area contributed by atoms with Crippen molar-refractivity contribution in [1.29, 1.82) is 0 Å². The summed E-state index contributed by atoms with van der Waals surface area (Å²) in [7, 11) is 0. The lowest BCUT2D eigenvalue weighted by Crippen LogP contribution is -2.52. The van der Waals surface area contributed by atoms with E-state index >= 15 is 0 Å². The quantitative estimate of drug-likeness (QED) is 0.207. The van der Waals surface area contributed by atoms with Gasteiger partial charge in [-0.25, -0.2) is 9.97 Å². The van der Waals surface area contributed by atoms with Gasteiger partial charge in [0.05, 0.1) is 5.75 Å². The van der Waals surface area contributed by atoms with E-state index in [2.05, 4.69) is 27.4 Å². The summed E-state index contributed by atoms with van der Waals surface area (Å²) >= 11 is 1.30. The van der Waals surface area contributed by atoms with Crippen LogP contribution in [0.2, 0.25) is 0 Å². The Morgan fingerprint density at radius 2 is 1.80 bits per heavy atom. The Bertz CT molecular complexity index is 1410. The normalized spacial score (nSPS) is 16.4. The molecule has 2 unspecified atom stereocenters. The largest absolute Gasteiger partial charge is 0.454 e. The second-order valence-electron chi connectivity index (χ2n) is 10.2. The van der Waals surface area contributed by atoms with Gasteiger partial charge in [0, 0.05) is 29.7 Å². The lowest BCUT2D eigenvalue weighted by Gasteiger charge is -2.37. The molecule has 2 aliphatic rings. The molecule has 9 heteroatoms. The topological polar surface area (TPSA) is 93.7 Å². The van der Waals surface area contributed by atoms with Crippen LogP contribution in [0.3, 0.4) is 0 Å². The first-order valence-electron chi connectivity index (χ1n) is 13.5. The average Bonchev–Trinajstić information content (AvgIpc) is 3.40. The Balaban J connectivity index is 1.45. The maximum atomic E-state index is 14.1. The van der Waals surface area contributed by atoms with E-state index in [4.69, 9.17) is 9.47 Å². The Morgan fingerprint density at radius 1 is 1.02 bits per heavy atom. The maximum absolute atomic E-state index is 14.1. The van der Waals surface area contributed by atoms with Crippen molar-refractivity contribution in [2.45, 2.75) is 57.8 Å². The van der Waals surface area contributed by atoms with Crippen LogP contribution in [0.5, 0.6) is 11.5 Å². The van der Waals surface area contributed by atoms with Gasteiger partial charge in [-0.15, -0.1) is 0 Å². The van der Waals surface area contributed by atoms with Gasteiger partial charge in [0.15, 0.2) is 16.7 Å². The molecule has 0 fully saturated rings. The summed E-state index contributed by atoms with van der Waals surface area (Å²) in [5.41, 5.74) is 4.40. The maximum Gasteiger partial charge on any atom is 0.247 e. The second kappa shape index (κ2) is 12.6. The predicted octanol–water partition coefficient (Wildman–Crippen LogP) is 5.62. The number of hydrogen-bond acceptors (Lipinski definition) is 7. The molecule has 2 atom stereocenters. The second-order valence-corrected chi connectivity index (χ2v) is 11.2. The molecule has 40 heavy (non-hydrogen) atoms. The lowest BCUT2D eigenvalue weighted by atomic mass is 9.85. The number of anilines is 1.